The van der Waals surface area contributed by atoms with Crippen LogP contribution in [0, 0.1) is 0 Å². The minimum atomic E-state index is -0.142. The zero-order valence-corrected chi connectivity index (χ0v) is 14.3. The zero-order valence-electron chi connectivity index (χ0n) is 13.5. The van der Waals surface area contributed by atoms with Crippen LogP contribution in [0.5, 0.6) is 5.75 Å². The van der Waals surface area contributed by atoms with Crippen molar-refractivity contribution in [3.63, 3.8) is 0 Å². The third-order valence-electron chi connectivity index (χ3n) is 3.86. The molecule has 0 radical (unpaired) electrons. The number of carbonyl (C=O) groups is 2. The van der Waals surface area contributed by atoms with Crippen LogP contribution < -0.4 is 15.0 Å². The van der Waals surface area contributed by atoms with Crippen LogP contribution in [0.3, 0.4) is 0 Å². The number of ether oxygens (including phenoxy) is 1. The standard InChI is InChI=1S/C18H20N2O3S/c1-2-23-15-7-5-14(6-8-15)20-12-13(10-18(20)22)19-17(21)11-16-4-3-9-24-16/h3-9,13H,2,10-12H2,1H3,(H,19,21)/t13-/m0/s1. The number of hydrogen-bond acceptors (Lipinski definition) is 4. The van der Waals surface area contributed by atoms with Crippen LogP contribution in [0.2, 0.25) is 0 Å². The summed E-state index contributed by atoms with van der Waals surface area (Å²) in [5, 5.41) is 4.91. The van der Waals surface area contributed by atoms with Gasteiger partial charge in [0.1, 0.15) is 5.75 Å². The molecule has 1 fully saturated rings. The Kier molecular flexibility index (Phi) is 5.15. The first-order valence-electron chi connectivity index (χ1n) is 8.00. The maximum Gasteiger partial charge on any atom is 0.229 e. The maximum atomic E-state index is 12.2. The molecule has 1 atom stereocenters. The number of amides is 2. The summed E-state index contributed by atoms with van der Waals surface area (Å²) in [7, 11) is 0. The average molecular weight is 344 g/mol. The molecular weight excluding hydrogens is 324 g/mol. The molecule has 1 N–H and O–H groups in total. The molecule has 2 heterocycles. The topological polar surface area (TPSA) is 58.6 Å². The van der Waals surface area contributed by atoms with Crippen LogP contribution in [0.4, 0.5) is 5.69 Å². The molecule has 1 saturated heterocycles. The Morgan fingerprint density at radius 3 is 2.79 bits per heavy atom. The molecule has 1 aliphatic rings. The van der Waals surface area contributed by atoms with E-state index in [0.29, 0.717) is 26.0 Å². The zero-order chi connectivity index (χ0) is 16.9. The number of carbonyl (C=O) groups excluding carboxylic acids is 2. The van der Waals surface area contributed by atoms with Crippen molar-refractivity contribution in [2.75, 3.05) is 18.1 Å². The first-order valence-corrected chi connectivity index (χ1v) is 8.88. The monoisotopic (exact) mass is 344 g/mol. The van der Waals surface area contributed by atoms with Crippen LogP contribution >= 0.6 is 11.3 Å². The molecule has 1 aliphatic heterocycles. The molecule has 1 aromatic carbocycles. The van der Waals surface area contributed by atoms with Gasteiger partial charge in [-0.05, 0) is 42.6 Å². The predicted octanol–water partition coefficient (Wildman–Crippen LogP) is 2.61. The predicted molar refractivity (Wildman–Crippen MR) is 94.5 cm³/mol. The Hall–Kier alpha value is -2.34. The molecule has 0 saturated carbocycles. The van der Waals surface area contributed by atoms with Crippen LogP contribution in [-0.2, 0) is 16.0 Å². The largest absolute Gasteiger partial charge is 0.494 e. The minimum absolute atomic E-state index is 0.0283. The van der Waals surface area contributed by atoms with E-state index >= 15 is 0 Å². The van der Waals surface area contributed by atoms with Crippen LogP contribution in [0.25, 0.3) is 0 Å². The van der Waals surface area contributed by atoms with Gasteiger partial charge in [0.2, 0.25) is 11.8 Å². The summed E-state index contributed by atoms with van der Waals surface area (Å²) in [5.74, 6) is 0.776. The van der Waals surface area contributed by atoms with Crippen LogP contribution in [-0.4, -0.2) is 31.0 Å². The van der Waals surface area contributed by atoms with Crippen molar-refractivity contribution in [1.29, 1.82) is 0 Å². The second-order valence-electron chi connectivity index (χ2n) is 5.66. The van der Waals surface area contributed by atoms with E-state index in [-0.39, 0.29) is 17.9 Å². The van der Waals surface area contributed by atoms with Gasteiger partial charge in [0, 0.05) is 23.5 Å². The SMILES string of the molecule is CCOc1ccc(N2C[C@@H](NC(=O)Cc3cccs3)CC2=O)cc1. The fourth-order valence-corrected chi connectivity index (χ4v) is 3.50. The van der Waals surface area contributed by atoms with Gasteiger partial charge in [0.05, 0.1) is 19.1 Å². The van der Waals surface area contributed by atoms with Gasteiger partial charge in [0.25, 0.3) is 0 Å². The van der Waals surface area contributed by atoms with Crippen molar-refractivity contribution in [1.82, 2.24) is 5.32 Å². The van der Waals surface area contributed by atoms with E-state index in [1.54, 1.807) is 16.2 Å². The van der Waals surface area contributed by atoms with Gasteiger partial charge in [-0.1, -0.05) is 6.07 Å². The number of nitrogens with zero attached hydrogens (tertiary/aromatic N) is 1. The van der Waals surface area contributed by atoms with Crippen LogP contribution in [0.15, 0.2) is 41.8 Å². The minimum Gasteiger partial charge on any atom is -0.494 e. The number of rotatable bonds is 6. The van der Waals surface area contributed by atoms with Gasteiger partial charge in [-0.2, -0.15) is 0 Å². The molecule has 0 bridgehead atoms. The molecule has 2 amide bonds. The number of benzene rings is 1. The highest BCUT2D eigenvalue weighted by molar-refractivity contribution is 7.10. The summed E-state index contributed by atoms with van der Waals surface area (Å²) in [4.78, 5) is 27.1. The van der Waals surface area contributed by atoms with Gasteiger partial charge >= 0.3 is 0 Å². The van der Waals surface area contributed by atoms with Crippen molar-refractivity contribution in [2.24, 2.45) is 0 Å². The quantitative estimate of drug-likeness (QED) is 0.876. The summed E-state index contributed by atoms with van der Waals surface area (Å²) in [6.45, 7) is 3.05. The summed E-state index contributed by atoms with van der Waals surface area (Å²) >= 11 is 1.56. The second-order valence-corrected chi connectivity index (χ2v) is 6.69. The smallest absolute Gasteiger partial charge is 0.229 e. The summed E-state index contributed by atoms with van der Waals surface area (Å²) < 4.78 is 5.41. The fourth-order valence-electron chi connectivity index (χ4n) is 2.79. The Morgan fingerprint density at radius 1 is 1.33 bits per heavy atom. The molecule has 0 spiro atoms. The molecule has 5 nitrogen and oxygen atoms in total. The molecule has 3 rings (SSSR count). The van der Waals surface area contributed by atoms with Crippen molar-refractivity contribution >= 4 is 28.8 Å². The Morgan fingerprint density at radius 2 is 2.12 bits per heavy atom. The molecule has 24 heavy (non-hydrogen) atoms. The van der Waals surface area contributed by atoms with E-state index in [4.69, 9.17) is 4.74 Å². The lowest BCUT2D eigenvalue weighted by Crippen LogP contribution is -2.37. The first kappa shape index (κ1) is 16.5. The highest BCUT2D eigenvalue weighted by Crippen LogP contribution is 2.24. The molecule has 6 heteroatoms. The average Bonchev–Trinajstić information content (AvgIpc) is 3.18. The van der Waals surface area contributed by atoms with E-state index in [1.807, 2.05) is 48.7 Å². The van der Waals surface area contributed by atoms with E-state index in [9.17, 15) is 9.59 Å². The lowest BCUT2D eigenvalue weighted by Gasteiger charge is -2.17. The molecule has 0 aliphatic carbocycles. The number of hydrogen-bond donors (Lipinski definition) is 1. The first-order chi connectivity index (χ1) is 11.7. The van der Waals surface area contributed by atoms with Crippen LogP contribution in [0.1, 0.15) is 18.2 Å². The van der Waals surface area contributed by atoms with Crippen molar-refractivity contribution in [2.45, 2.75) is 25.8 Å². The van der Waals surface area contributed by atoms with Gasteiger partial charge in [-0.3, -0.25) is 9.59 Å². The molecular formula is C18H20N2O3S. The number of anilines is 1. The normalized spacial score (nSPS) is 17.1. The van der Waals surface area contributed by atoms with Crippen molar-refractivity contribution in [3.05, 3.63) is 46.7 Å². The van der Waals surface area contributed by atoms with Crippen molar-refractivity contribution in [3.8, 4) is 5.75 Å². The molecule has 0 unspecified atom stereocenters. The Bertz CT molecular complexity index is 698. The highest BCUT2D eigenvalue weighted by atomic mass is 32.1. The summed E-state index contributed by atoms with van der Waals surface area (Å²) in [6.07, 6.45) is 0.703. The molecule has 1 aromatic heterocycles. The number of thiophene rings is 1. The maximum absolute atomic E-state index is 12.2. The Labute approximate surface area is 145 Å². The van der Waals surface area contributed by atoms with E-state index in [0.717, 1.165) is 16.3 Å². The van der Waals surface area contributed by atoms with Gasteiger partial charge in [-0.15, -0.1) is 11.3 Å². The lowest BCUT2D eigenvalue weighted by atomic mass is 10.2. The van der Waals surface area contributed by atoms with E-state index in [1.165, 1.54) is 0 Å². The lowest BCUT2D eigenvalue weighted by molar-refractivity contribution is -0.121. The second kappa shape index (κ2) is 7.49. The molecule has 2 aromatic rings. The van der Waals surface area contributed by atoms with Gasteiger partial charge < -0.3 is 15.0 Å². The summed E-state index contributed by atoms with van der Waals surface area (Å²) in [5.41, 5.74) is 0.832. The summed E-state index contributed by atoms with van der Waals surface area (Å²) in [6, 6.07) is 11.2. The van der Waals surface area contributed by atoms with Gasteiger partial charge in [0.15, 0.2) is 0 Å². The van der Waals surface area contributed by atoms with E-state index in [2.05, 4.69) is 5.32 Å². The fraction of sp³-hybridized carbons (Fsp3) is 0.333. The third kappa shape index (κ3) is 3.94. The molecule has 126 valence electrons. The highest BCUT2D eigenvalue weighted by Gasteiger charge is 2.31. The van der Waals surface area contributed by atoms with Gasteiger partial charge in [-0.25, -0.2) is 0 Å². The third-order valence-corrected chi connectivity index (χ3v) is 4.74. The number of nitrogens with one attached hydrogen (secondary N) is 1. The van der Waals surface area contributed by atoms with Crippen molar-refractivity contribution < 1.29 is 14.3 Å². The Balaban J connectivity index is 1.57. The van der Waals surface area contributed by atoms with E-state index < -0.39 is 0 Å².